The van der Waals surface area contributed by atoms with Crippen molar-refractivity contribution in [1.82, 2.24) is 0 Å². The van der Waals surface area contributed by atoms with Crippen LogP contribution in [0.2, 0.25) is 10.0 Å². The number of halogens is 2. The maximum atomic E-state index is 6.18. The lowest BCUT2D eigenvalue weighted by atomic mass is 10.0. The molecule has 0 aromatic heterocycles. The summed E-state index contributed by atoms with van der Waals surface area (Å²) >= 11 is 12.1. The molecular weight excluding hydrogens is 267 g/mol. The summed E-state index contributed by atoms with van der Waals surface area (Å²) in [5, 5.41) is 1.34. The largest absolute Gasteiger partial charge is 0.494 e. The molecule has 0 unspecified atom stereocenters. The van der Waals surface area contributed by atoms with Gasteiger partial charge in [-0.25, -0.2) is 0 Å². The summed E-state index contributed by atoms with van der Waals surface area (Å²) in [4.78, 5) is 0. The molecule has 0 atom stereocenters. The normalized spacial score (nSPS) is 10.4. The second kappa shape index (κ2) is 6.12. The van der Waals surface area contributed by atoms with Crippen molar-refractivity contribution in [2.75, 3.05) is 6.61 Å². The van der Waals surface area contributed by atoms with E-state index in [1.165, 1.54) is 0 Å². The Morgan fingerprint density at radius 3 is 2.50 bits per heavy atom. The van der Waals surface area contributed by atoms with E-state index in [0.29, 0.717) is 16.7 Å². The molecule has 3 heteroatoms. The van der Waals surface area contributed by atoms with Crippen LogP contribution in [0, 0.1) is 0 Å². The minimum atomic E-state index is 0.654. The zero-order valence-electron chi connectivity index (χ0n) is 10.1. The SMILES string of the molecule is CCOc1ccccc1Cc1ccc(Cl)cc1Cl. The Kier molecular flexibility index (Phi) is 4.51. The number of para-hydroxylation sites is 1. The fraction of sp³-hybridized carbons (Fsp3) is 0.200. The Bertz CT molecular complexity index is 538. The van der Waals surface area contributed by atoms with Gasteiger partial charge in [0.1, 0.15) is 5.75 Å². The van der Waals surface area contributed by atoms with Crippen LogP contribution in [-0.2, 0) is 6.42 Å². The van der Waals surface area contributed by atoms with Crippen LogP contribution in [0.15, 0.2) is 42.5 Å². The molecule has 0 heterocycles. The van der Waals surface area contributed by atoms with E-state index < -0.39 is 0 Å². The first-order valence-electron chi connectivity index (χ1n) is 5.85. The molecule has 0 aliphatic heterocycles. The van der Waals surface area contributed by atoms with Crippen molar-refractivity contribution in [1.29, 1.82) is 0 Å². The zero-order chi connectivity index (χ0) is 13.0. The minimum absolute atomic E-state index is 0.654. The number of hydrogen-bond acceptors (Lipinski definition) is 1. The summed E-state index contributed by atoms with van der Waals surface area (Å²) in [5.74, 6) is 0.908. The first-order chi connectivity index (χ1) is 8.70. The summed E-state index contributed by atoms with van der Waals surface area (Å²) in [5.41, 5.74) is 2.18. The average Bonchev–Trinajstić information content (AvgIpc) is 2.35. The Morgan fingerprint density at radius 1 is 1.00 bits per heavy atom. The van der Waals surface area contributed by atoms with Crippen LogP contribution in [0.25, 0.3) is 0 Å². The van der Waals surface area contributed by atoms with Crippen LogP contribution >= 0.6 is 23.2 Å². The lowest BCUT2D eigenvalue weighted by molar-refractivity contribution is 0.337. The summed E-state index contributed by atoms with van der Waals surface area (Å²) in [7, 11) is 0. The average molecular weight is 281 g/mol. The number of hydrogen-bond donors (Lipinski definition) is 0. The summed E-state index contributed by atoms with van der Waals surface area (Å²) in [6.07, 6.45) is 0.742. The van der Waals surface area contributed by atoms with Gasteiger partial charge in [0.25, 0.3) is 0 Å². The van der Waals surface area contributed by atoms with Crippen LogP contribution in [0.4, 0.5) is 0 Å². The first kappa shape index (κ1) is 13.3. The van der Waals surface area contributed by atoms with E-state index in [1.54, 1.807) is 6.07 Å². The molecule has 0 bridgehead atoms. The van der Waals surface area contributed by atoms with Crippen LogP contribution in [0.5, 0.6) is 5.75 Å². The highest BCUT2D eigenvalue weighted by atomic mass is 35.5. The van der Waals surface area contributed by atoms with Crippen molar-refractivity contribution < 1.29 is 4.74 Å². The molecule has 0 spiro atoms. The van der Waals surface area contributed by atoms with Gasteiger partial charge in [0.15, 0.2) is 0 Å². The van der Waals surface area contributed by atoms with Gasteiger partial charge < -0.3 is 4.74 Å². The van der Waals surface area contributed by atoms with E-state index >= 15 is 0 Å². The second-order valence-electron chi connectivity index (χ2n) is 3.95. The van der Waals surface area contributed by atoms with Crippen LogP contribution in [-0.4, -0.2) is 6.61 Å². The van der Waals surface area contributed by atoms with E-state index in [1.807, 2.05) is 37.3 Å². The number of ether oxygens (including phenoxy) is 1. The molecule has 1 nitrogen and oxygen atoms in total. The Labute approximate surface area is 117 Å². The molecule has 2 aromatic carbocycles. The van der Waals surface area contributed by atoms with Crippen molar-refractivity contribution >= 4 is 23.2 Å². The predicted molar refractivity (Wildman–Crippen MR) is 76.9 cm³/mol. The zero-order valence-corrected chi connectivity index (χ0v) is 11.6. The van der Waals surface area contributed by atoms with Gasteiger partial charge in [0.2, 0.25) is 0 Å². The van der Waals surface area contributed by atoms with Crippen molar-refractivity contribution in [3.8, 4) is 5.75 Å². The predicted octanol–water partition coefficient (Wildman–Crippen LogP) is 4.98. The standard InChI is InChI=1S/C15H14Cl2O/c1-2-18-15-6-4-3-5-12(15)9-11-7-8-13(16)10-14(11)17/h3-8,10H,2,9H2,1H3. The van der Waals surface area contributed by atoms with Crippen molar-refractivity contribution in [3.05, 3.63) is 63.6 Å². The van der Waals surface area contributed by atoms with Gasteiger partial charge in [0.05, 0.1) is 6.61 Å². The Balaban J connectivity index is 2.28. The molecule has 0 aliphatic carbocycles. The molecule has 0 radical (unpaired) electrons. The summed E-state index contributed by atoms with van der Waals surface area (Å²) in [6, 6.07) is 13.6. The highest BCUT2D eigenvalue weighted by Crippen LogP contribution is 2.27. The summed E-state index contributed by atoms with van der Waals surface area (Å²) in [6.45, 7) is 2.64. The lowest BCUT2D eigenvalue weighted by Crippen LogP contribution is -1.97. The Hall–Kier alpha value is -1.18. The first-order valence-corrected chi connectivity index (χ1v) is 6.61. The molecule has 18 heavy (non-hydrogen) atoms. The van der Waals surface area contributed by atoms with Gasteiger partial charge in [-0.3, -0.25) is 0 Å². The van der Waals surface area contributed by atoms with E-state index in [4.69, 9.17) is 27.9 Å². The van der Waals surface area contributed by atoms with Crippen LogP contribution in [0.1, 0.15) is 18.1 Å². The molecule has 0 amide bonds. The van der Waals surface area contributed by atoms with Gasteiger partial charge in [0, 0.05) is 16.5 Å². The van der Waals surface area contributed by atoms with Crippen LogP contribution < -0.4 is 4.74 Å². The Morgan fingerprint density at radius 2 is 1.78 bits per heavy atom. The second-order valence-corrected chi connectivity index (χ2v) is 4.80. The van der Waals surface area contributed by atoms with E-state index in [2.05, 4.69) is 6.07 Å². The third-order valence-corrected chi connectivity index (χ3v) is 3.26. The highest BCUT2D eigenvalue weighted by Gasteiger charge is 2.07. The fourth-order valence-electron chi connectivity index (χ4n) is 1.82. The third-order valence-electron chi connectivity index (χ3n) is 2.67. The highest BCUT2D eigenvalue weighted by molar-refractivity contribution is 6.35. The molecule has 0 aliphatic rings. The minimum Gasteiger partial charge on any atom is -0.494 e. The smallest absolute Gasteiger partial charge is 0.122 e. The van der Waals surface area contributed by atoms with Crippen molar-refractivity contribution in [2.24, 2.45) is 0 Å². The van der Waals surface area contributed by atoms with Crippen molar-refractivity contribution in [2.45, 2.75) is 13.3 Å². The number of benzene rings is 2. The maximum Gasteiger partial charge on any atom is 0.122 e. The number of rotatable bonds is 4. The van der Waals surface area contributed by atoms with Gasteiger partial charge >= 0.3 is 0 Å². The molecule has 0 saturated heterocycles. The molecule has 94 valence electrons. The van der Waals surface area contributed by atoms with Crippen molar-refractivity contribution in [3.63, 3.8) is 0 Å². The monoisotopic (exact) mass is 280 g/mol. The van der Waals surface area contributed by atoms with Gasteiger partial charge in [-0.2, -0.15) is 0 Å². The lowest BCUT2D eigenvalue weighted by Gasteiger charge is -2.11. The topological polar surface area (TPSA) is 9.23 Å². The molecule has 2 rings (SSSR count). The molecule has 0 fully saturated rings. The summed E-state index contributed by atoms with van der Waals surface area (Å²) < 4.78 is 5.60. The molecule has 0 saturated carbocycles. The third kappa shape index (κ3) is 3.18. The maximum absolute atomic E-state index is 6.18. The van der Waals surface area contributed by atoms with E-state index in [0.717, 1.165) is 23.3 Å². The molecule has 2 aromatic rings. The molecule has 0 N–H and O–H groups in total. The van der Waals surface area contributed by atoms with Gasteiger partial charge in [-0.1, -0.05) is 47.5 Å². The van der Waals surface area contributed by atoms with E-state index in [9.17, 15) is 0 Å². The van der Waals surface area contributed by atoms with E-state index in [-0.39, 0.29) is 0 Å². The quantitative estimate of drug-likeness (QED) is 0.767. The molecular formula is C15H14Cl2O. The van der Waals surface area contributed by atoms with Crippen LogP contribution in [0.3, 0.4) is 0 Å². The fourth-order valence-corrected chi connectivity index (χ4v) is 2.29. The van der Waals surface area contributed by atoms with Gasteiger partial charge in [-0.15, -0.1) is 0 Å². The van der Waals surface area contributed by atoms with Gasteiger partial charge in [-0.05, 0) is 36.2 Å².